The minimum atomic E-state index is -0.432. The summed E-state index contributed by atoms with van der Waals surface area (Å²) >= 11 is 0. The Morgan fingerprint density at radius 2 is 1.89 bits per heavy atom. The molecule has 0 saturated carbocycles. The zero-order valence-electron chi connectivity index (χ0n) is 15.3. The van der Waals surface area contributed by atoms with Crippen LogP contribution in [0.5, 0.6) is 0 Å². The summed E-state index contributed by atoms with van der Waals surface area (Å²) in [5.74, 6) is 0.512. The van der Waals surface area contributed by atoms with Crippen molar-refractivity contribution in [1.29, 1.82) is 0 Å². The molecule has 1 aliphatic rings. The number of nitrogens with one attached hydrogen (secondary N) is 1. The Balaban J connectivity index is 1.83. The molecule has 144 valence electrons. The van der Waals surface area contributed by atoms with Crippen molar-refractivity contribution in [3.63, 3.8) is 0 Å². The van der Waals surface area contributed by atoms with Crippen LogP contribution in [0.4, 0.5) is 23.0 Å². The van der Waals surface area contributed by atoms with Crippen molar-refractivity contribution in [2.24, 2.45) is 0 Å². The van der Waals surface area contributed by atoms with Gasteiger partial charge >= 0.3 is 5.69 Å². The maximum Gasteiger partial charge on any atom is 0.353 e. The van der Waals surface area contributed by atoms with E-state index in [0.717, 1.165) is 25.2 Å². The largest absolute Gasteiger partial charge is 0.395 e. The van der Waals surface area contributed by atoms with E-state index in [1.807, 2.05) is 29.2 Å². The molecule has 1 aliphatic heterocycles. The third-order valence-electron chi connectivity index (χ3n) is 4.70. The van der Waals surface area contributed by atoms with Crippen molar-refractivity contribution in [3.8, 4) is 0 Å². The first kappa shape index (κ1) is 19.0. The van der Waals surface area contributed by atoms with E-state index in [0.29, 0.717) is 25.5 Å². The molecule has 3 rings (SSSR count). The van der Waals surface area contributed by atoms with E-state index in [9.17, 15) is 10.1 Å². The summed E-state index contributed by atoms with van der Waals surface area (Å²) < 4.78 is 0. The van der Waals surface area contributed by atoms with Crippen LogP contribution in [0, 0.1) is 10.1 Å². The van der Waals surface area contributed by atoms with E-state index >= 15 is 0 Å². The molecule has 0 radical (unpaired) electrons. The van der Waals surface area contributed by atoms with Crippen LogP contribution in [0.3, 0.4) is 0 Å². The smallest absolute Gasteiger partial charge is 0.353 e. The highest BCUT2D eigenvalue weighted by Crippen LogP contribution is 2.34. The van der Waals surface area contributed by atoms with Crippen LogP contribution in [-0.2, 0) is 6.42 Å². The number of anilines is 3. The van der Waals surface area contributed by atoms with Gasteiger partial charge in [-0.15, -0.1) is 0 Å². The summed E-state index contributed by atoms with van der Waals surface area (Å²) in [5, 5.41) is 23.9. The van der Waals surface area contributed by atoms with Crippen LogP contribution < -0.4 is 10.2 Å². The van der Waals surface area contributed by atoms with Crippen LogP contribution in [0.1, 0.15) is 12.5 Å². The number of aliphatic hydroxyl groups is 1. The summed E-state index contributed by atoms with van der Waals surface area (Å²) in [7, 11) is 0. The number of hydrogen-bond acceptors (Lipinski definition) is 8. The Morgan fingerprint density at radius 3 is 2.48 bits per heavy atom. The van der Waals surface area contributed by atoms with Gasteiger partial charge in [0.1, 0.15) is 6.33 Å². The molecule has 0 amide bonds. The summed E-state index contributed by atoms with van der Waals surface area (Å²) in [6.07, 6.45) is 2.28. The van der Waals surface area contributed by atoms with Crippen LogP contribution in [0.25, 0.3) is 0 Å². The zero-order valence-corrected chi connectivity index (χ0v) is 15.3. The number of nitro groups is 1. The number of nitrogens with zero attached hydrogens (tertiary/aromatic N) is 5. The van der Waals surface area contributed by atoms with Gasteiger partial charge in [0, 0.05) is 38.4 Å². The molecule has 0 unspecified atom stereocenters. The molecular weight excluding hydrogens is 348 g/mol. The lowest BCUT2D eigenvalue weighted by Gasteiger charge is -2.34. The number of aromatic nitrogens is 2. The average Bonchev–Trinajstić information content (AvgIpc) is 2.69. The van der Waals surface area contributed by atoms with Gasteiger partial charge in [0.25, 0.3) is 0 Å². The van der Waals surface area contributed by atoms with Gasteiger partial charge in [-0.3, -0.25) is 15.0 Å². The van der Waals surface area contributed by atoms with Gasteiger partial charge in [0.2, 0.25) is 11.6 Å². The number of benzene rings is 1. The molecule has 1 saturated heterocycles. The molecular formula is C18H24N6O3. The van der Waals surface area contributed by atoms with Gasteiger partial charge in [0.05, 0.1) is 11.5 Å². The van der Waals surface area contributed by atoms with Gasteiger partial charge in [0.15, 0.2) is 0 Å². The summed E-state index contributed by atoms with van der Waals surface area (Å²) in [6.45, 7) is 5.47. The molecule has 0 bridgehead atoms. The van der Waals surface area contributed by atoms with Gasteiger partial charge in [-0.2, -0.15) is 0 Å². The fourth-order valence-electron chi connectivity index (χ4n) is 3.15. The average molecular weight is 372 g/mol. The zero-order chi connectivity index (χ0) is 19.2. The van der Waals surface area contributed by atoms with Crippen LogP contribution >= 0.6 is 0 Å². The Kier molecular flexibility index (Phi) is 6.15. The van der Waals surface area contributed by atoms with Gasteiger partial charge < -0.3 is 15.3 Å². The Morgan fingerprint density at radius 1 is 1.19 bits per heavy atom. The molecule has 27 heavy (non-hydrogen) atoms. The maximum absolute atomic E-state index is 11.8. The molecule has 1 aromatic heterocycles. The molecule has 9 nitrogen and oxygen atoms in total. The lowest BCUT2D eigenvalue weighted by atomic mass is 10.1. The van der Waals surface area contributed by atoms with Gasteiger partial charge in [-0.25, -0.2) is 9.97 Å². The highest BCUT2D eigenvalue weighted by atomic mass is 16.6. The molecule has 9 heteroatoms. The lowest BCUT2D eigenvalue weighted by molar-refractivity contribution is -0.383. The number of piperazine rings is 1. The van der Waals surface area contributed by atoms with E-state index in [-0.39, 0.29) is 18.1 Å². The second kappa shape index (κ2) is 8.74. The van der Waals surface area contributed by atoms with Crippen molar-refractivity contribution < 1.29 is 10.0 Å². The highest BCUT2D eigenvalue weighted by Gasteiger charge is 2.29. The molecule has 2 aromatic rings. The molecule has 2 N–H and O–H groups in total. The lowest BCUT2D eigenvalue weighted by Crippen LogP contribution is -2.47. The van der Waals surface area contributed by atoms with Crippen molar-refractivity contribution >= 4 is 23.0 Å². The first-order valence-electron chi connectivity index (χ1n) is 9.06. The molecule has 1 fully saturated rings. The van der Waals surface area contributed by atoms with E-state index in [1.165, 1.54) is 11.9 Å². The second-order valence-corrected chi connectivity index (χ2v) is 6.38. The summed E-state index contributed by atoms with van der Waals surface area (Å²) in [4.78, 5) is 23.6. The predicted molar refractivity (Wildman–Crippen MR) is 104 cm³/mol. The third kappa shape index (κ3) is 4.50. The van der Waals surface area contributed by atoms with Crippen LogP contribution in [0.2, 0.25) is 0 Å². The van der Waals surface area contributed by atoms with E-state index in [2.05, 4.69) is 27.1 Å². The van der Waals surface area contributed by atoms with E-state index in [1.54, 1.807) is 0 Å². The number of aryl methyl sites for hydroxylation is 1. The Bertz CT molecular complexity index is 775. The molecule has 0 spiro atoms. The fraction of sp³-hybridized carbons (Fsp3) is 0.444. The normalized spacial score (nSPS) is 15.0. The maximum atomic E-state index is 11.8. The molecule has 1 aromatic carbocycles. The molecule has 0 atom stereocenters. The molecule has 0 aliphatic carbocycles. The van der Waals surface area contributed by atoms with E-state index < -0.39 is 4.92 Å². The van der Waals surface area contributed by atoms with Crippen molar-refractivity contribution in [2.75, 3.05) is 49.5 Å². The predicted octanol–water partition coefficient (Wildman–Crippen LogP) is 1.81. The third-order valence-corrected chi connectivity index (χ3v) is 4.70. The van der Waals surface area contributed by atoms with Crippen molar-refractivity contribution in [1.82, 2.24) is 14.9 Å². The quantitative estimate of drug-likeness (QED) is 0.560. The van der Waals surface area contributed by atoms with Crippen LogP contribution in [0.15, 0.2) is 30.6 Å². The number of hydrogen-bond donors (Lipinski definition) is 2. The van der Waals surface area contributed by atoms with Crippen molar-refractivity contribution in [2.45, 2.75) is 13.3 Å². The van der Waals surface area contributed by atoms with Gasteiger partial charge in [-0.05, 0) is 24.1 Å². The summed E-state index contributed by atoms with van der Waals surface area (Å²) in [5.41, 5.74) is 1.82. The Labute approximate surface area is 157 Å². The minimum Gasteiger partial charge on any atom is -0.395 e. The number of β-amino-alcohol motifs (C(OH)–C–C–N with tert-alkyl or cyclic N) is 1. The highest BCUT2D eigenvalue weighted by molar-refractivity contribution is 5.74. The minimum absolute atomic E-state index is 0.110. The second-order valence-electron chi connectivity index (χ2n) is 6.38. The first-order chi connectivity index (χ1) is 13.1. The van der Waals surface area contributed by atoms with Gasteiger partial charge in [-0.1, -0.05) is 19.1 Å². The fourth-order valence-corrected chi connectivity index (χ4v) is 3.15. The van der Waals surface area contributed by atoms with E-state index in [4.69, 9.17) is 5.11 Å². The monoisotopic (exact) mass is 372 g/mol. The molecule has 2 heterocycles. The Hall–Kier alpha value is -2.78. The number of rotatable bonds is 7. The number of aliphatic hydroxyl groups excluding tert-OH is 1. The SMILES string of the molecule is CCc1ccc(Nc2ncnc(N3CCN(CCO)CC3)c2[N+](=O)[O-])cc1. The first-order valence-corrected chi connectivity index (χ1v) is 9.06. The topological polar surface area (TPSA) is 108 Å². The standard InChI is InChI=1S/C18H24N6O3/c1-2-14-3-5-15(6-4-14)21-17-16(24(26)27)18(20-13-19-17)23-9-7-22(8-10-23)11-12-25/h3-6,13,25H,2,7-12H2,1H3,(H,19,20,21). The van der Waals surface area contributed by atoms with Crippen molar-refractivity contribution in [3.05, 3.63) is 46.3 Å². The summed E-state index contributed by atoms with van der Waals surface area (Å²) in [6, 6.07) is 7.74. The van der Waals surface area contributed by atoms with Crippen LogP contribution in [-0.4, -0.2) is 64.2 Å².